The first-order chi connectivity index (χ1) is 9.95. The minimum atomic E-state index is -0.443. The lowest BCUT2D eigenvalue weighted by Gasteiger charge is -2.22. The fourth-order valence-electron chi connectivity index (χ4n) is 2.03. The van der Waals surface area contributed by atoms with Crippen LogP contribution in [0.15, 0.2) is 24.3 Å². The quantitative estimate of drug-likeness (QED) is 0.795. The fourth-order valence-corrected chi connectivity index (χ4v) is 2.03. The normalized spacial score (nSPS) is 12.1. The molecule has 21 heavy (non-hydrogen) atoms. The van der Waals surface area contributed by atoms with Crippen molar-refractivity contribution in [2.45, 2.75) is 26.3 Å². The molecule has 5 heteroatoms. The first-order valence-electron chi connectivity index (χ1n) is 7.22. The zero-order valence-electron chi connectivity index (χ0n) is 13.3. The molecule has 2 N–H and O–H groups in total. The number of ether oxygens (including phenoxy) is 2. The Bertz CT molecular complexity index is 449. The number of carbonyl (C=O) groups is 1. The second kappa shape index (κ2) is 8.52. The second-order valence-electron chi connectivity index (χ2n) is 5.50. The van der Waals surface area contributed by atoms with E-state index in [2.05, 4.69) is 13.8 Å². The van der Waals surface area contributed by atoms with Crippen LogP contribution in [0.5, 0.6) is 11.5 Å². The van der Waals surface area contributed by atoms with Gasteiger partial charge in [-0.05, 0) is 24.5 Å². The molecular weight excluding hydrogens is 268 g/mol. The average molecular weight is 294 g/mol. The van der Waals surface area contributed by atoms with Gasteiger partial charge in [0.05, 0.1) is 19.7 Å². The van der Waals surface area contributed by atoms with Crippen LogP contribution in [0.3, 0.4) is 0 Å². The Kier molecular flexibility index (Phi) is 7.02. The summed E-state index contributed by atoms with van der Waals surface area (Å²) in [6, 6.07) is 6.99. The molecule has 0 fully saturated rings. The van der Waals surface area contributed by atoms with Crippen LogP contribution in [-0.2, 0) is 4.79 Å². The monoisotopic (exact) mass is 294 g/mol. The van der Waals surface area contributed by atoms with Crippen LogP contribution in [-0.4, -0.2) is 44.2 Å². The van der Waals surface area contributed by atoms with E-state index in [1.807, 2.05) is 24.3 Å². The van der Waals surface area contributed by atoms with Crippen molar-refractivity contribution in [3.8, 4) is 11.5 Å². The summed E-state index contributed by atoms with van der Waals surface area (Å²) >= 11 is 0. The topological polar surface area (TPSA) is 64.8 Å². The van der Waals surface area contributed by atoms with E-state index in [4.69, 9.17) is 15.2 Å². The molecule has 0 heterocycles. The number of benzene rings is 1. The largest absolute Gasteiger partial charge is 0.493 e. The van der Waals surface area contributed by atoms with E-state index in [1.54, 1.807) is 19.1 Å². The Morgan fingerprint density at radius 3 is 2.48 bits per heavy atom. The van der Waals surface area contributed by atoms with Crippen molar-refractivity contribution in [2.75, 3.05) is 27.3 Å². The summed E-state index contributed by atoms with van der Waals surface area (Å²) in [4.78, 5) is 13.7. The molecule has 0 saturated carbocycles. The van der Waals surface area contributed by atoms with Crippen molar-refractivity contribution in [1.82, 2.24) is 4.90 Å². The van der Waals surface area contributed by atoms with Gasteiger partial charge in [-0.2, -0.15) is 0 Å². The number of nitrogens with zero attached hydrogens (tertiary/aromatic N) is 1. The lowest BCUT2D eigenvalue weighted by atomic mass is 10.0. The van der Waals surface area contributed by atoms with Crippen LogP contribution < -0.4 is 15.2 Å². The molecule has 0 bridgehead atoms. The highest BCUT2D eigenvalue weighted by Crippen LogP contribution is 2.25. The van der Waals surface area contributed by atoms with Crippen LogP contribution >= 0.6 is 0 Å². The van der Waals surface area contributed by atoms with Gasteiger partial charge in [0.15, 0.2) is 11.5 Å². The highest BCUT2D eigenvalue weighted by atomic mass is 16.5. The number of likely N-dealkylation sites (N-methyl/N-ethyl adjacent to an activating group) is 1. The lowest BCUT2D eigenvalue weighted by molar-refractivity contribution is -0.131. The third-order valence-corrected chi connectivity index (χ3v) is 3.17. The highest BCUT2D eigenvalue weighted by Gasteiger charge is 2.18. The smallest absolute Gasteiger partial charge is 0.239 e. The average Bonchev–Trinajstić information content (AvgIpc) is 2.46. The minimum Gasteiger partial charge on any atom is -0.493 e. The summed E-state index contributed by atoms with van der Waals surface area (Å²) in [5, 5.41) is 0. The summed E-state index contributed by atoms with van der Waals surface area (Å²) in [5.74, 6) is 1.71. The lowest BCUT2D eigenvalue weighted by Crippen LogP contribution is -2.43. The number of nitrogens with two attached hydrogens (primary N) is 1. The number of amides is 1. The Morgan fingerprint density at radius 1 is 1.29 bits per heavy atom. The minimum absolute atomic E-state index is 0.0488. The molecule has 0 aliphatic heterocycles. The van der Waals surface area contributed by atoms with Crippen LogP contribution in [0.4, 0.5) is 0 Å². The molecule has 1 atom stereocenters. The number of hydrogen-bond acceptors (Lipinski definition) is 4. The van der Waals surface area contributed by atoms with E-state index in [0.29, 0.717) is 37.0 Å². The number of hydrogen-bond donors (Lipinski definition) is 1. The number of methoxy groups -OCH3 is 1. The maximum Gasteiger partial charge on any atom is 0.239 e. The van der Waals surface area contributed by atoms with Crippen LogP contribution in [0.25, 0.3) is 0 Å². The summed E-state index contributed by atoms with van der Waals surface area (Å²) in [7, 11) is 3.34. The second-order valence-corrected chi connectivity index (χ2v) is 5.50. The Hall–Kier alpha value is -1.75. The molecule has 0 saturated heterocycles. The van der Waals surface area contributed by atoms with Gasteiger partial charge in [0.1, 0.15) is 6.61 Å². The van der Waals surface area contributed by atoms with Crippen LogP contribution in [0, 0.1) is 5.92 Å². The van der Waals surface area contributed by atoms with E-state index in [9.17, 15) is 4.79 Å². The van der Waals surface area contributed by atoms with E-state index < -0.39 is 6.04 Å². The van der Waals surface area contributed by atoms with E-state index in [1.165, 1.54) is 0 Å². The van der Waals surface area contributed by atoms with Crippen molar-refractivity contribution < 1.29 is 14.3 Å². The molecule has 1 rings (SSSR count). The first-order valence-corrected chi connectivity index (χ1v) is 7.22. The van der Waals surface area contributed by atoms with E-state index in [-0.39, 0.29) is 5.91 Å². The van der Waals surface area contributed by atoms with E-state index >= 15 is 0 Å². The van der Waals surface area contributed by atoms with Gasteiger partial charge in [0.2, 0.25) is 5.91 Å². The van der Waals surface area contributed by atoms with Gasteiger partial charge in [0.25, 0.3) is 0 Å². The Balaban J connectivity index is 2.42. The number of rotatable bonds is 8. The molecule has 118 valence electrons. The molecule has 1 aromatic rings. The van der Waals surface area contributed by atoms with Crippen molar-refractivity contribution >= 4 is 5.91 Å². The molecule has 1 aromatic carbocycles. The standard InChI is InChI=1S/C16H26N2O3/c1-12(2)11-13(17)16(19)18(3)9-10-21-15-8-6-5-7-14(15)20-4/h5-8,12-13H,9-11,17H2,1-4H3/t13-/m0/s1. The van der Waals surface area contributed by atoms with Gasteiger partial charge < -0.3 is 20.1 Å². The van der Waals surface area contributed by atoms with Crippen molar-refractivity contribution in [3.05, 3.63) is 24.3 Å². The van der Waals surface area contributed by atoms with Crippen LogP contribution in [0.2, 0.25) is 0 Å². The maximum atomic E-state index is 12.1. The van der Waals surface area contributed by atoms with Gasteiger partial charge in [0, 0.05) is 7.05 Å². The predicted octanol–water partition coefficient (Wildman–Crippen LogP) is 1.91. The number of carbonyl (C=O) groups excluding carboxylic acids is 1. The fraction of sp³-hybridized carbons (Fsp3) is 0.562. The van der Waals surface area contributed by atoms with Crippen molar-refractivity contribution in [2.24, 2.45) is 11.7 Å². The summed E-state index contributed by atoms with van der Waals surface area (Å²) in [6.07, 6.45) is 0.691. The Labute approximate surface area is 127 Å². The van der Waals surface area contributed by atoms with Crippen LogP contribution in [0.1, 0.15) is 20.3 Å². The summed E-state index contributed by atoms with van der Waals surface area (Å²) < 4.78 is 10.9. The third-order valence-electron chi connectivity index (χ3n) is 3.17. The molecule has 0 aromatic heterocycles. The van der Waals surface area contributed by atoms with E-state index in [0.717, 1.165) is 0 Å². The van der Waals surface area contributed by atoms with Crippen molar-refractivity contribution in [3.63, 3.8) is 0 Å². The predicted molar refractivity (Wildman–Crippen MR) is 83.6 cm³/mol. The van der Waals surface area contributed by atoms with Gasteiger partial charge in [-0.3, -0.25) is 4.79 Å². The third kappa shape index (κ3) is 5.63. The molecule has 0 unspecified atom stereocenters. The molecular formula is C16H26N2O3. The van der Waals surface area contributed by atoms with Gasteiger partial charge in [-0.25, -0.2) is 0 Å². The highest BCUT2D eigenvalue weighted by molar-refractivity contribution is 5.81. The number of para-hydroxylation sites is 2. The molecule has 0 spiro atoms. The summed E-state index contributed by atoms with van der Waals surface area (Å²) in [5.41, 5.74) is 5.90. The van der Waals surface area contributed by atoms with Gasteiger partial charge in [-0.1, -0.05) is 26.0 Å². The van der Waals surface area contributed by atoms with Gasteiger partial charge >= 0.3 is 0 Å². The molecule has 0 aliphatic carbocycles. The van der Waals surface area contributed by atoms with Crippen molar-refractivity contribution in [1.29, 1.82) is 0 Å². The maximum absolute atomic E-state index is 12.1. The first kappa shape index (κ1) is 17.3. The summed E-state index contributed by atoms with van der Waals surface area (Å²) in [6.45, 7) is 5.00. The zero-order chi connectivity index (χ0) is 15.8. The zero-order valence-corrected chi connectivity index (χ0v) is 13.3. The molecule has 0 aliphatic rings. The Morgan fingerprint density at radius 2 is 1.90 bits per heavy atom. The van der Waals surface area contributed by atoms with Gasteiger partial charge in [-0.15, -0.1) is 0 Å². The SMILES string of the molecule is COc1ccccc1OCCN(C)C(=O)[C@@H](N)CC(C)C. The molecule has 1 amide bonds. The molecule has 0 radical (unpaired) electrons. The molecule has 5 nitrogen and oxygen atoms in total.